The molecule has 0 aromatic carbocycles. The highest BCUT2D eigenvalue weighted by Crippen LogP contribution is 2.36. The van der Waals surface area contributed by atoms with Crippen LogP contribution in [0.5, 0.6) is 0 Å². The van der Waals surface area contributed by atoms with Crippen molar-refractivity contribution >= 4 is 14.2 Å². The van der Waals surface area contributed by atoms with E-state index in [-0.39, 0.29) is 38.7 Å². The minimum atomic E-state index is -0.423. The molecule has 3 rings (SSSR count). The Bertz CT molecular complexity index is 320. The summed E-state index contributed by atoms with van der Waals surface area (Å²) in [5.41, 5.74) is 0. The van der Waals surface area contributed by atoms with Crippen molar-refractivity contribution in [3.8, 4) is 0 Å². The van der Waals surface area contributed by atoms with Gasteiger partial charge in [-0.2, -0.15) is 0 Å². The van der Waals surface area contributed by atoms with Crippen LogP contribution in [0.25, 0.3) is 0 Å². The van der Waals surface area contributed by atoms with Crippen molar-refractivity contribution in [2.24, 2.45) is 0 Å². The molecular formula is C11H20B2O6. The van der Waals surface area contributed by atoms with Gasteiger partial charge < -0.3 is 28.1 Å². The van der Waals surface area contributed by atoms with Crippen molar-refractivity contribution in [1.29, 1.82) is 0 Å². The summed E-state index contributed by atoms with van der Waals surface area (Å²) in [5, 5.41) is 0. The van der Waals surface area contributed by atoms with Crippen LogP contribution in [0.4, 0.5) is 0 Å². The maximum absolute atomic E-state index is 5.95. The first-order valence-corrected chi connectivity index (χ1v) is 7.03. The van der Waals surface area contributed by atoms with E-state index < -0.39 is 6.29 Å². The van der Waals surface area contributed by atoms with Crippen molar-refractivity contribution in [3.63, 3.8) is 0 Å². The maximum atomic E-state index is 5.95. The van der Waals surface area contributed by atoms with Gasteiger partial charge in [-0.15, -0.1) is 0 Å². The SMILES string of the molecule is CCB1O[C@@H]2[C@H](O1)[C@@H](OC)O[C@@H]1COB(CC)O[C@@H]21. The summed E-state index contributed by atoms with van der Waals surface area (Å²) in [6.07, 6.45) is 0.507. The molecule has 19 heavy (non-hydrogen) atoms. The fourth-order valence-corrected chi connectivity index (χ4v) is 2.87. The van der Waals surface area contributed by atoms with Crippen LogP contribution in [0.3, 0.4) is 0 Å². The van der Waals surface area contributed by atoms with Crippen molar-refractivity contribution in [2.75, 3.05) is 13.7 Å². The highest BCUT2D eigenvalue weighted by atomic mass is 16.8. The minimum Gasteiger partial charge on any atom is -0.408 e. The molecule has 0 spiro atoms. The van der Waals surface area contributed by atoms with E-state index in [1.165, 1.54) is 0 Å². The van der Waals surface area contributed by atoms with Crippen LogP contribution in [-0.4, -0.2) is 58.7 Å². The molecule has 0 amide bonds. The van der Waals surface area contributed by atoms with E-state index in [0.717, 1.165) is 12.6 Å². The van der Waals surface area contributed by atoms with Gasteiger partial charge in [0.1, 0.15) is 12.2 Å². The van der Waals surface area contributed by atoms with Crippen LogP contribution in [-0.2, 0) is 28.1 Å². The molecule has 0 radical (unpaired) electrons. The maximum Gasteiger partial charge on any atom is 0.457 e. The molecule has 3 fully saturated rings. The van der Waals surface area contributed by atoms with Gasteiger partial charge in [0.05, 0.1) is 18.8 Å². The van der Waals surface area contributed by atoms with Crippen LogP contribution in [0.1, 0.15) is 13.8 Å². The molecule has 5 atom stereocenters. The molecule has 0 unspecified atom stereocenters. The van der Waals surface area contributed by atoms with Gasteiger partial charge in [0.15, 0.2) is 6.29 Å². The zero-order valence-electron chi connectivity index (χ0n) is 11.6. The first kappa shape index (κ1) is 13.9. The first-order valence-electron chi connectivity index (χ1n) is 7.03. The van der Waals surface area contributed by atoms with Crippen molar-refractivity contribution in [2.45, 2.75) is 57.2 Å². The van der Waals surface area contributed by atoms with E-state index in [9.17, 15) is 0 Å². The largest absolute Gasteiger partial charge is 0.457 e. The number of hydrogen-bond acceptors (Lipinski definition) is 6. The van der Waals surface area contributed by atoms with Crippen LogP contribution in [0.15, 0.2) is 0 Å². The van der Waals surface area contributed by atoms with Crippen LogP contribution in [0.2, 0.25) is 12.6 Å². The molecule has 0 aromatic heterocycles. The molecule has 3 aliphatic heterocycles. The van der Waals surface area contributed by atoms with Crippen LogP contribution in [0, 0.1) is 0 Å². The van der Waals surface area contributed by atoms with Crippen LogP contribution < -0.4 is 0 Å². The quantitative estimate of drug-likeness (QED) is 0.699. The first-order chi connectivity index (χ1) is 9.26. The van der Waals surface area contributed by atoms with Gasteiger partial charge in [-0.05, 0) is 12.6 Å². The summed E-state index contributed by atoms with van der Waals surface area (Å²) in [4.78, 5) is 0. The Balaban J connectivity index is 1.77. The number of hydrogen-bond donors (Lipinski definition) is 0. The van der Waals surface area contributed by atoms with Crippen LogP contribution >= 0.6 is 0 Å². The number of ether oxygens (including phenoxy) is 2. The predicted molar refractivity (Wildman–Crippen MR) is 68.7 cm³/mol. The van der Waals surface area contributed by atoms with Gasteiger partial charge in [-0.25, -0.2) is 0 Å². The molecule has 8 heteroatoms. The summed E-state index contributed by atoms with van der Waals surface area (Å²) in [7, 11) is 1.22. The second-order valence-corrected chi connectivity index (χ2v) is 5.09. The summed E-state index contributed by atoms with van der Waals surface area (Å²) in [6.45, 7) is 4.57. The standard InChI is InChI=1S/C11H20B2O6/c1-4-12-15-6-7-8(17-12)9-10(11(14-3)16-7)19-13(5-2)18-9/h7-11H,4-6H2,1-3H3/t7-,8-,9+,10+,11+/m1/s1. The van der Waals surface area contributed by atoms with E-state index in [4.69, 9.17) is 28.1 Å². The Morgan fingerprint density at radius 2 is 1.68 bits per heavy atom. The summed E-state index contributed by atoms with van der Waals surface area (Å²) in [5.74, 6) is 0. The molecule has 0 aromatic rings. The Hall–Kier alpha value is -0.110. The minimum absolute atomic E-state index is 0.147. The summed E-state index contributed by atoms with van der Waals surface area (Å²) >= 11 is 0. The van der Waals surface area contributed by atoms with Crippen molar-refractivity contribution in [3.05, 3.63) is 0 Å². The molecule has 3 aliphatic rings. The molecule has 0 aliphatic carbocycles. The molecule has 0 saturated carbocycles. The Morgan fingerprint density at radius 1 is 1.00 bits per heavy atom. The normalized spacial score (nSPS) is 42.2. The highest BCUT2D eigenvalue weighted by molar-refractivity contribution is 6.45. The van der Waals surface area contributed by atoms with Gasteiger partial charge >= 0.3 is 14.2 Å². The molecule has 0 N–H and O–H groups in total. The van der Waals surface area contributed by atoms with Crippen molar-refractivity contribution < 1.29 is 28.1 Å². The molecule has 6 nitrogen and oxygen atoms in total. The van der Waals surface area contributed by atoms with Gasteiger partial charge in [-0.3, -0.25) is 0 Å². The smallest absolute Gasteiger partial charge is 0.408 e. The Morgan fingerprint density at radius 3 is 2.37 bits per heavy atom. The average Bonchev–Trinajstić information content (AvgIpc) is 2.90. The molecule has 106 valence electrons. The Kier molecular flexibility index (Phi) is 4.17. The third-order valence-electron chi connectivity index (χ3n) is 3.86. The molecule has 3 saturated heterocycles. The summed E-state index contributed by atoms with van der Waals surface area (Å²) in [6, 6.07) is 0. The lowest BCUT2D eigenvalue weighted by Crippen LogP contribution is -2.62. The predicted octanol–water partition coefficient (Wildman–Crippen LogP) is 0.573. The molecule has 3 heterocycles. The second-order valence-electron chi connectivity index (χ2n) is 5.09. The number of methoxy groups -OCH3 is 1. The van der Waals surface area contributed by atoms with Gasteiger partial charge in [0, 0.05) is 7.11 Å². The van der Waals surface area contributed by atoms with E-state index >= 15 is 0 Å². The van der Waals surface area contributed by atoms with Crippen molar-refractivity contribution in [1.82, 2.24) is 0 Å². The van der Waals surface area contributed by atoms with E-state index in [1.807, 2.05) is 13.8 Å². The van der Waals surface area contributed by atoms with Gasteiger partial charge in [0.25, 0.3) is 0 Å². The molecule has 0 bridgehead atoms. The van der Waals surface area contributed by atoms with Gasteiger partial charge in [-0.1, -0.05) is 13.8 Å². The third kappa shape index (κ3) is 2.46. The summed E-state index contributed by atoms with van der Waals surface area (Å²) < 4.78 is 34.5. The lowest BCUT2D eigenvalue weighted by atomic mass is 9.82. The lowest BCUT2D eigenvalue weighted by molar-refractivity contribution is -0.276. The third-order valence-corrected chi connectivity index (χ3v) is 3.86. The zero-order chi connectivity index (χ0) is 13.4. The fourth-order valence-electron chi connectivity index (χ4n) is 2.87. The molecular weight excluding hydrogens is 250 g/mol. The lowest BCUT2D eigenvalue weighted by Gasteiger charge is -2.45. The van der Waals surface area contributed by atoms with E-state index in [2.05, 4.69) is 0 Å². The van der Waals surface area contributed by atoms with E-state index in [1.54, 1.807) is 7.11 Å². The second kappa shape index (κ2) is 5.71. The monoisotopic (exact) mass is 270 g/mol. The Labute approximate surface area is 114 Å². The topological polar surface area (TPSA) is 55.4 Å². The van der Waals surface area contributed by atoms with E-state index in [0.29, 0.717) is 6.61 Å². The van der Waals surface area contributed by atoms with Gasteiger partial charge in [0.2, 0.25) is 0 Å². The number of rotatable bonds is 3. The average molecular weight is 270 g/mol. The number of fused-ring (bicyclic) bond motifs is 3. The highest BCUT2D eigenvalue weighted by Gasteiger charge is 2.56. The zero-order valence-corrected chi connectivity index (χ0v) is 11.6. The fraction of sp³-hybridized carbons (Fsp3) is 1.00.